The molecule has 0 heterocycles. The lowest BCUT2D eigenvalue weighted by molar-refractivity contribution is -0.136. The Hall–Kier alpha value is -4.37. The van der Waals surface area contributed by atoms with Gasteiger partial charge in [0.2, 0.25) is 0 Å². The monoisotopic (exact) mass is 509 g/mol. The predicted octanol–water partition coefficient (Wildman–Crippen LogP) is 4.45. The summed E-state index contributed by atoms with van der Waals surface area (Å²) in [5.41, 5.74) is 3.46. The highest BCUT2D eigenvalue weighted by Gasteiger charge is 2.15. The average Bonchev–Trinajstić information content (AvgIpc) is 2.87. The number of hydrogen-bond acceptors (Lipinski definition) is 7. The quantitative estimate of drug-likeness (QED) is 0.145. The standard InChI is InChI=1S/C26H24ClN3O6/c1-3-34-21-12-6-18(7-13-21)26(33)36-22-14-5-17(15-23(22)35-4-2)16-28-30-25(32)24(31)29-20-10-8-19(27)9-11-20/h5-16H,3-4H2,1-2H3,(H,29,31)(H,30,32)/b28-16-. The van der Waals surface area contributed by atoms with Gasteiger partial charge in [-0.15, -0.1) is 0 Å². The number of hydrogen-bond donors (Lipinski definition) is 2. The van der Waals surface area contributed by atoms with Crippen LogP contribution in [0.1, 0.15) is 29.8 Å². The smallest absolute Gasteiger partial charge is 0.343 e. The molecule has 0 radical (unpaired) electrons. The van der Waals surface area contributed by atoms with Crippen molar-refractivity contribution in [2.24, 2.45) is 5.10 Å². The molecule has 0 saturated carbocycles. The highest BCUT2D eigenvalue weighted by Crippen LogP contribution is 2.29. The molecule has 2 amide bonds. The van der Waals surface area contributed by atoms with Crippen LogP contribution in [-0.2, 0) is 9.59 Å². The molecular weight excluding hydrogens is 486 g/mol. The third kappa shape index (κ3) is 7.57. The summed E-state index contributed by atoms with van der Waals surface area (Å²) in [6.45, 7) is 4.52. The van der Waals surface area contributed by atoms with Gasteiger partial charge in [0.15, 0.2) is 11.5 Å². The molecule has 3 rings (SSSR count). The number of rotatable bonds is 9. The van der Waals surface area contributed by atoms with Crippen LogP contribution in [0.15, 0.2) is 71.8 Å². The lowest BCUT2D eigenvalue weighted by Gasteiger charge is -2.11. The van der Waals surface area contributed by atoms with Crippen molar-refractivity contribution in [1.82, 2.24) is 5.43 Å². The fourth-order valence-electron chi connectivity index (χ4n) is 2.91. The molecule has 9 nitrogen and oxygen atoms in total. The highest BCUT2D eigenvalue weighted by atomic mass is 35.5. The summed E-state index contributed by atoms with van der Waals surface area (Å²) in [5, 5.41) is 6.74. The van der Waals surface area contributed by atoms with Crippen LogP contribution >= 0.6 is 11.6 Å². The molecule has 3 aromatic rings. The van der Waals surface area contributed by atoms with Crippen LogP contribution in [0.3, 0.4) is 0 Å². The van der Waals surface area contributed by atoms with Gasteiger partial charge in [0, 0.05) is 10.7 Å². The average molecular weight is 510 g/mol. The van der Waals surface area contributed by atoms with Crippen LogP contribution in [0.25, 0.3) is 0 Å². The Morgan fingerprint density at radius 2 is 1.56 bits per heavy atom. The van der Waals surface area contributed by atoms with E-state index in [1.807, 2.05) is 6.92 Å². The fourth-order valence-corrected chi connectivity index (χ4v) is 3.03. The number of hydrazone groups is 1. The number of nitrogens with zero attached hydrogens (tertiary/aromatic N) is 1. The van der Waals surface area contributed by atoms with Gasteiger partial charge >= 0.3 is 17.8 Å². The first-order chi connectivity index (χ1) is 17.4. The van der Waals surface area contributed by atoms with Gasteiger partial charge in [0.1, 0.15) is 5.75 Å². The number of benzene rings is 3. The third-order valence-electron chi connectivity index (χ3n) is 4.56. The van der Waals surface area contributed by atoms with Gasteiger partial charge in [0.05, 0.1) is 25.0 Å². The van der Waals surface area contributed by atoms with Crippen LogP contribution in [-0.4, -0.2) is 37.2 Å². The van der Waals surface area contributed by atoms with E-state index in [-0.39, 0.29) is 5.75 Å². The van der Waals surface area contributed by atoms with E-state index in [2.05, 4.69) is 15.8 Å². The van der Waals surface area contributed by atoms with E-state index < -0.39 is 17.8 Å². The summed E-state index contributed by atoms with van der Waals surface area (Å²) in [4.78, 5) is 36.5. The zero-order valence-corrected chi connectivity index (χ0v) is 20.4. The molecule has 10 heteroatoms. The lowest BCUT2D eigenvalue weighted by Crippen LogP contribution is -2.32. The highest BCUT2D eigenvalue weighted by molar-refractivity contribution is 6.39. The van der Waals surface area contributed by atoms with Crippen LogP contribution < -0.4 is 25.0 Å². The molecular formula is C26H24ClN3O6. The van der Waals surface area contributed by atoms with Crippen molar-refractivity contribution >= 4 is 41.3 Å². The second kappa shape index (κ2) is 12.9. The van der Waals surface area contributed by atoms with Gasteiger partial charge in [0.25, 0.3) is 0 Å². The first kappa shape index (κ1) is 26.2. The molecule has 0 saturated heterocycles. The van der Waals surface area contributed by atoms with Crippen molar-refractivity contribution in [3.8, 4) is 17.2 Å². The molecule has 0 aliphatic rings. The minimum absolute atomic E-state index is 0.222. The first-order valence-electron chi connectivity index (χ1n) is 11.0. The number of anilines is 1. The maximum Gasteiger partial charge on any atom is 0.343 e. The summed E-state index contributed by atoms with van der Waals surface area (Å²) >= 11 is 5.80. The van der Waals surface area contributed by atoms with Crippen molar-refractivity contribution < 1.29 is 28.6 Å². The second-order valence-electron chi connectivity index (χ2n) is 7.15. The number of esters is 1. The maximum atomic E-state index is 12.5. The zero-order chi connectivity index (χ0) is 25.9. The van der Waals surface area contributed by atoms with E-state index in [1.54, 1.807) is 73.7 Å². The maximum absolute atomic E-state index is 12.5. The van der Waals surface area contributed by atoms with Gasteiger partial charge in [-0.1, -0.05) is 11.6 Å². The number of amides is 2. The molecule has 0 aliphatic heterocycles. The predicted molar refractivity (Wildman–Crippen MR) is 136 cm³/mol. The van der Waals surface area contributed by atoms with E-state index in [4.69, 9.17) is 25.8 Å². The molecule has 0 aliphatic carbocycles. The van der Waals surface area contributed by atoms with Crippen molar-refractivity contribution in [3.63, 3.8) is 0 Å². The van der Waals surface area contributed by atoms with Gasteiger partial charge in [-0.2, -0.15) is 5.10 Å². The van der Waals surface area contributed by atoms with Crippen LogP contribution in [0, 0.1) is 0 Å². The van der Waals surface area contributed by atoms with E-state index >= 15 is 0 Å². The molecule has 0 atom stereocenters. The molecule has 0 unspecified atom stereocenters. The molecule has 0 spiro atoms. The summed E-state index contributed by atoms with van der Waals surface area (Å²) in [6.07, 6.45) is 1.33. The number of ether oxygens (including phenoxy) is 3. The van der Waals surface area contributed by atoms with E-state index in [9.17, 15) is 14.4 Å². The Balaban J connectivity index is 1.62. The van der Waals surface area contributed by atoms with Gasteiger partial charge < -0.3 is 19.5 Å². The van der Waals surface area contributed by atoms with Crippen molar-refractivity contribution in [2.75, 3.05) is 18.5 Å². The molecule has 0 bridgehead atoms. The minimum Gasteiger partial charge on any atom is -0.494 e. The largest absolute Gasteiger partial charge is 0.494 e. The van der Waals surface area contributed by atoms with Gasteiger partial charge in [-0.05, 0) is 86.1 Å². The second-order valence-corrected chi connectivity index (χ2v) is 7.58. The van der Waals surface area contributed by atoms with E-state index in [1.165, 1.54) is 6.21 Å². The Bertz CT molecular complexity index is 1240. The Kier molecular flexibility index (Phi) is 9.41. The van der Waals surface area contributed by atoms with Crippen molar-refractivity contribution in [1.29, 1.82) is 0 Å². The number of carbonyl (C=O) groups excluding carboxylic acids is 3. The summed E-state index contributed by atoms with van der Waals surface area (Å²) < 4.78 is 16.5. The number of halogens is 1. The minimum atomic E-state index is -0.952. The number of carbonyl (C=O) groups is 3. The summed E-state index contributed by atoms with van der Waals surface area (Å²) in [7, 11) is 0. The molecule has 0 aromatic heterocycles. The molecule has 0 fully saturated rings. The van der Waals surface area contributed by atoms with Crippen LogP contribution in [0.2, 0.25) is 5.02 Å². The zero-order valence-electron chi connectivity index (χ0n) is 19.6. The van der Waals surface area contributed by atoms with Crippen molar-refractivity contribution in [3.05, 3.63) is 82.9 Å². The normalized spacial score (nSPS) is 10.5. The SMILES string of the molecule is CCOc1ccc(C(=O)Oc2ccc(/C=N\NC(=O)C(=O)Nc3ccc(Cl)cc3)cc2OCC)cc1. The first-order valence-corrected chi connectivity index (χ1v) is 11.4. The van der Waals surface area contributed by atoms with Gasteiger partial charge in [-0.25, -0.2) is 10.2 Å². The molecule has 2 N–H and O–H groups in total. The molecule has 3 aromatic carbocycles. The van der Waals surface area contributed by atoms with Gasteiger partial charge in [-0.3, -0.25) is 9.59 Å². The van der Waals surface area contributed by atoms with E-state index in [0.29, 0.717) is 46.5 Å². The lowest BCUT2D eigenvalue weighted by atomic mass is 10.2. The third-order valence-corrected chi connectivity index (χ3v) is 4.81. The van der Waals surface area contributed by atoms with E-state index in [0.717, 1.165) is 0 Å². The topological polar surface area (TPSA) is 115 Å². The Morgan fingerprint density at radius 3 is 2.22 bits per heavy atom. The Morgan fingerprint density at radius 1 is 0.861 bits per heavy atom. The number of nitrogens with one attached hydrogen (secondary N) is 2. The fraction of sp³-hybridized carbons (Fsp3) is 0.154. The van der Waals surface area contributed by atoms with Crippen LogP contribution in [0.4, 0.5) is 5.69 Å². The molecule has 186 valence electrons. The molecule has 36 heavy (non-hydrogen) atoms. The summed E-state index contributed by atoms with van der Waals surface area (Å²) in [6, 6.07) is 17.7. The summed E-state index contributed by atoms with van der Waals surface area (Å²) in [5.74, 6) is -1.21. The van der Waals surface area contributed by atoms with Crippen LogP contribution in [0.5, 0.6) is 17.2 Å². The van der Waals surface area contributed by atoms with Crippen molar-refractivity contribution in [2.45, 2.75) is 13.8 Å². The Labute approximate surface area is 213 Å².